The van der Waals surface area contributed by atoms with Crippen molar-refractivity contribution >= 4 is 23.5 Å². The molecule has 2 amide bonds. The largest absolute Gasteiger partial charge is 0.459 e. The van der Waals surface area contributed by atoms with Crippen LogP contribution in [0.3, 0.4) is 0 Å². The molecule has 1 N–H and O–H groups in total. The van der Waals surface area contributed by atoms with Crippen LogP contribution in [-0.4, -0.2) is 59.3 Å². The Morgan fingerprint density at radius 1 is 1.12 bits per heavy atom. The number of pyridine rings is 1. The predicted molar refractivity (Wildman–Crippen MR) is 148 cm³/mol. The maximum Gasteiger partial charge on any atom is 0.234 e. The molecular formula is C32H38N2O6. The zero-order valence-electron chi connectivity index (χ0n) is 23.1. The third kappa shape index (κ3) is 5.08. The maximum absolute atomic E-state index is 13.8. The second-order valence-corrected chi connectivity index (χ2v) is 11.5. The van der Waals surface area contributed by atoms with E-state index in [1.54, 1.807) is 24.3 Å². The second kappa shape index (κ2) is 11.8. The Morgan fingerprint density at radius 2 is 1.98 bits per heavy atom. The molecular weight excluding hydrogens is 508 g/mol. The van der Waals surface area contributed by atoms with Gasteiger partial charge < -0.3 is 19.0 Å². The first-order valence-corrected chi connectivity index (χ1v) is 14.6. The highest BCUT2D eigenvalue weighted by Gasteiger charge is 2.58. The van der Waals surface area contributed by atoms with Gasteiger partial charge in [0.2, 0.25) is 11.8 Å². The van der Waals surface area contributed by atoms with Crippen LogP contribution in [0.15, 0.2) is 52.1 Å². The molecule has 0 radical (unpaired) electrons. The molecule has 8 nitrogen and oxygen atoms in total. The number of amides is 2. The molecule has 2 aromatic rings. The molecule has 8 heteroatoms. The van der Waals surface area contributed by atoms with E-state index in [1.807, 2.05) is 30.3 Å². The van der Waals surface area contributed by atoms with Crippen LogP contribution in [0.25, 0.3) is 11.6 Å². The lowest BCUT2D eigenvalue weighted by Gasteiger charge is -2.31. The topological polar surface area (TPSA) is 102 Å². The van der Waals surface area contributed by atoms with Crippen molar-refractivity contribution in [2.45, 2.75) is 70.1 Å². The molecule has 4 atom stereocenters. The fourth-order valence-electron chi connectivity index (χ4n) is 7.35. The van der Waals surface area contributed by atoms with E-state index in [-0.39, 0.29) is 48.3 Å². The molecule has 4 heterocycles. The fraction of sp³-hybridized carbons (Fsp3) is 0.531. The van der Waals surface area contributed by atoms with Gasteiger partial charge in [-0.15, -0.1) is 0 Å². The molecule has 6 rings (SSSR count). The molecule has 40 heavy (non-hydrogen) atoms. The Balaban J connectivity index is 1.25. The number of aliphatic hydroxyl groups is 1. The fourth-order valence-corrected chi connectivity index (χ4v) is 7.35. The molecule has 2 saturated heterocycles. The summed E-state index contributed by atoms with van der Waals surface area (Å²) in [5.74, 6) is 0.472. The van der Waals surface area contributed by atoms with E-state index < -0.39 is 0 Å². The van der Waals surface area contributed by atoms with Gasteiger partial charge in [-0.2, -0.15) is 0 Å². The van der Waals surface area contributed by atoms with E-state index in [4.69, 9.17) is 13.9 Å². The second-order valence-electron chi connectivity index (χ2n) is 11.5. The Hall–Kier alpha value is -3.07. The molecule has 4 aliphatic rings. The molecule has 0 unspecified atom stereocenters. The number of rotatable bonds is 9. The Kier molecular flexibility index (Phi) is 8.01. The summed E-state index contributed by atoms with van der Waals surface area (Å²) in [6.07, 6.45) is 10.7. The van der Waals surface area contributed by atoms with E-state index in [0.29, 0.717) is 44.0 Å². The molecule has 0 spiro atoms. The van der Waals surface area contributed by atoms with E-state index >= 15 is 0 Å². The Labute approximate surface area is 235 Å². The lowest BCUT2D eigenvalue weighted by molar-refractivity contribution is -0.143. The quantitative estimate of drug-likeness (QED) is 0.357. The number of likely N-dealkylation sites (tertiary alicyclic amines) is 1. The van der Waals surface area contributed by atoms with Crippen LogP contribution >= 0.6 is 0 Å². The number of aliphatic hydroxyl groups excluding tert-OH is 1. The summed E-state index contributed by atoms with van der Waals surface area (Å²) >= 11 is 0. The first-order valence-electron chi connectivity index (χ1n) is 14.6. The number of allylic oxidation sites excluding steroid dienone is 1. The molecule has 2 aliphatic carbocycles. The highest BCUT2D eigenvalue weighted by Crippen LogP contribution is 2.51. The lowest BCUT2D eigenvalue weighted by atomic mass is 9.69. The van der Waals surface area contributed by atoms with Crippen LogP contribution in [0.1, 0.15) is 68.6 Å². The van der Waals surface area contributed by atoms with Gasteiger partial charge in [0.15, 0.2) is 0 Å². The highest BCUT2D eigenvalue weighted by atomic mass is 16.5. The minimum atomic E-state index is -0.333. The van der Waals surface area contributed by atoms with Crippen LogP contribution in [0.4, 0.5) is 0 Å². The lowest BCUT2D eigenvalue weighted by Crippen LogP contribution is -2.42. The molecule has 0 bridgehead atoms. The molecule has 3 fully saturated rings. The number of hydrogen-bond donors (Lipinski definition) is 1. The highest BCUT2D eigenvalue weighted by molar-refractivity contribution is 6.06. The third-order valence-electron chi connectivity index (χ3n) is 9.13. The van der Waals surface area contributed by atoms with Gasteiger partial charge in [0, 0.05) is 25.3 Å². The summed E-state index contributed by atoms with van der Waals surface area (Å²) in [5, 5.41) is 9.41. The van der Waals surface area contributed by atoms with Crippen molar-refractivity contribution in [3.05, 3.63) is 64.9 Å². The zero-order chi connectivity index (χ0) is 27.6. The number of methoxy groups -OCH3 is 1. The van der Waals surface area contributed by atoms with Crippen molar-refractivity contribution < 1.29 is 28.6 Å². The van der Waals surface area contributed by atoms with Gasteiger partial charge in [0.1, 0.15) is 18.1 Å². The van der Waals surface area contributed by atoms with Gasteiger partial charge in [-0.3, -0.25) is 19.5 Å². The van der Waals surface area contributed by atoms with E-state index in [0.717, 1.165) is 48.1 Å². The monoisotopic (exact) mass is 546 g/mol. The smallest absolute Gasteiger partial charge is 0.234 e. The summed E-state index contributed by atoms with van der Waals surface area (Å²) in [6, 6.07) is 9.48. The van der Waals surface area contributed by atoms with Gasteiger partial charge >= 0.3 is 0 Å². The summed E-state index contributed by atoms with van der Waals surface area (Å²) in [6.45, 7) is 0.744. The number of hydrogen-bond acceptors (Lipinski definition) is 7. The summed E-state index contributed by atoms with van der Waals surface area (Å²) in [4.78, 5) is 33.6. The average molecular weight is 547 g/mol. The Morgan fingerprint density at radius 3 is 2.70 bits per heavy atom. The van der Waals surface area contributed by atoms with Crippen LogP contribution in [0.2, 0.25) is 0 Å². The molecule has 212 valence electrons. The van der Waals surface area contributed by atoms with Gasteiger partial charge in [-0.05, 0) is 79.2 Å². The van der Waals surface area contributed by atoms with Crippen molar-refractivity contribution in [2.75, 3.05) is 20.3 Å². The molecule has 1 saturated carbocycles. The number of nitrogens with zero attached hydrogens (tertiary/aromatic N) is 2. The van der Waals surface area contributed by atoms with Crippen LogP contribution in [0.5, 0.6) is 0 Å². The van der Waals surface area contributed by atoms with Crippen molar-refractivity contribution in [1.82, 2.24) is 9.88 Å². The van der Waals surface area contributed by atoms with Crippen molar-refractivity contribution in [1.29, 1.82) is 0 Å². The van der Waals surface area contributed by atoms with Crippen LogP contribution < -0.4 is 0 Å². The van der Waals surface area contributed by atoms with Gasteiger partial charge in [-0.1, -0.05) is 25.3 Å². The Bertz CT molecular complexity index is 1290. The molecule has 2 aliphatic heterocycles. The van der Waals surface area contributed by atoms with Crippen molar-refractivity contribution in [3.63, 3.8) is 0 Å². The summed E-state index contributed by atoms with van der Waals surface area (Å²) < 4.78 is 17.7. The SMILES string of the molecule is COCC1=C2[C@@H](CC/C(=C/c3ccc(CO)o3)c3ccccn3)OC[C@@H]2[C@@H]2C(=O)N(C3CCCCC3)C(=O)[C@@H]2C1. The predicted octanol–water partition coefficient (Wildman–Crippen LogP) is 4.78. The van der Waals surface area contributed by atoms with Gasteiger partial charge in [0.05, 0.1) is 36.8 Å². The van der Waals surface area contributed by atoms with Crippen LogP contribution in [0, 0.1) is 17.8 Å². The number of imide groups is 1. The minimum Gasteiger partial charge on any atom is -0.459 e. The number of fused-ring (bicyclic) bond motifs is 3. The van der Waals surface area contributed by atoms with Crippen molar-refractivity contribution in [2.24, 2.45) is 17.8 Å². The number of ether oxygens (including phenoxy) is 2. The minimum absolute atomic E-state index is 0.0108. The first-order chi connectivity index (χ1) is 19.6. The molecule has 2 aromatic heterocycles. The van der Waals surface area contributed by atoms with E-state index in [9.17, 15) is 14.7 Å². The third-order valence-corrected chi connectivity index (χ3v) is 9.13. The number of furan rings is 1. The van der Waals surface area contributed by atoms with Crippen LogP contribution in [-0.2, 0) is 25.7 Å². The zero-order valence-corrected chi connectivity index (χ0v) is 23.1. The average Bonchev–Trinajstić information content (AvgIpc) is 3.69. The first kappa shape index (κ1) is 27.1. The standard InChI is InChI=1S/C32H38N2O6/c1-38-18-21-16-25-30(32(37)34(31(25)36)22-7-3-2-4-8-22)26-19-39-28(29(21)26)13-10-20(27-9-5-6-14-33-27)15-23-11-12-24(17-35)40-23/h5-6,9,11-12,14-15,22,25-26,28,30,35H,2-4,7-8,10,13,16-19H2,1H3/b20-15-/t25-,26+,28-,30-/m1/s1. The van der Waals surface area contributed by atoms with Crippen molar-refractivity contribution in [3.8, 4) is 0 Å². The van der Waals surface area contributed by atoms with Gasteiger partial charge in [0.25, 0.3) is 0 Å². The van der Waals surface area contributed by atoms with E-state index in [2.05, 4.69) is 4.98 Å². The van der Waals surface area contributed by atoms with E-state index in [1.165, 1.54) is 6.42 Å². The number of aromatic nitrogens is 1. The summed E-state index contributed by atoms with van der Waals surface area (Å²) in [7, 11) is 1.68. The van der Waals surface area contributed by atoms with Gasteiger partial charge in [-0.25, -0.2) is 0 Å². The summed E-state index contributed by atoms with van der Waals surface area (Å²) in [5.41, 5.74) is 4.14. The molecule has 0 aromatic carbocycles. The normalized spacial score (nSPS) is 27.4. The number of carbonyl (C=O) groups is 2. The maximum atomic E-state index is 13.8. The number of carbonyl (C=O) groups excluding carboxylic acids is 2.